The van der Waals surface area contributed by atoms with Crippen LogP contribution < -0.4 is 0 Å². The molecule has 1 aromatic carbocycles. The van der Waals surface area contributed by atoms with Gasteiger partial charge in [0.1, 0.15) is 5.57 Å². The summed E-state index contributed by atoms with van der Waals surface area (Å²) >= 11 is 0. The number of ketones is 1. The Labute approximate surface area is 155 Å². The molecule has 1 aromatic rings. The monoisotopic (exact) mass is 353 g/mol. The normalized spacial score (nSPS) is 26.8. The van der Waals surface area contributed by atoms with Crippen molar-refractivity contribution < 1.29 is 14.3 Å². The molecule has 0 unspecified atom stereocenters. The quantitative estimate of drug-likeness (QED) is 0.610. The Morgan fingerprint density at radius 1 is 1.12 bits per heavy atom. The molecular weight excluding hydrogens is 326 g/mol. The zero-order valence-corrected chi connectivity index (χ0v) is 15.5. The minimum atomic E-state index is -0.502. The first-order chi connectivity index (χ1) is 12.7. The number of rotatable bonds is 3. The third-order valence-electron chi connectivity index (χ3n) is 6.58. The Bertz CT molecular complexity index is 733. The van der Waals surface area contributed by atoms with Crippen molar-refractivity contribution in [1.82, 2.24) is 4.90 Å². The van der Waals surface area contributed by atoms with Crippen LogP contribution in [-0.4, -0.2) is 35.8 Å². The van der Waals surface area contributed by atoms with E-state index in [0.717, 1.165) is 30.6 Å². The lowest BCUT2D eigenvalue weighted by molar-refractivity contribution is -0.138. The Morgan fingerprint density at radius 3 is 2.54 bits per heavy atom. The average molecular weight is 353 g/mol. The van der Waals surface area contributed by atoms with Crippen LogP contribution in [0.15, 0.2) is 35.9 Å². The van der Waals surface area contributed by atoms with Gasteiger partial charge in [0, 0.05) is 13.0 Å². The summed E-state index contributed by atoms with van der Waals surface area (Å²) in [6.45, 7) is 0.911. The van der Waals surface area contributed by atoms with Crippen LogP contribution in [0.5, 0.6) is 0 Å². The van der Waals surface area contributed by atoms with E-state index < -0.39 is 5.97 Å². The number of Topliss-reactive ketones (excluding diaryl/α,β-unsaturated/α-hetero) is 1. The number of benzene rings is 1. The second-order valence-electron chi connectivity index (χ2n) is 7.87. The number of hydrogen-bond acceptors (Lipinski definition) is 4. The fourth-order valence-electron chi connectivity index (χ4n) is 5.47. The number of fused-ring (bicyclic) bond motifs is 1. The number of carbonyl (C=O) groups is 2. The predicted octanol–water partition coefficient (Wildman–Crippen LogP) is 3.96. The van der Waals surface area contributed by atoms with Gasteiger partial charge in [-0.25, -0.2) is 4.79 Å². The van der Waals surface area contributed by atoms with Crippen molar-refractivity contribution in [1.29, 1.82) is 0 Å². The predicted molar refractivity (Wildman–Crippen MR) is 100 cm³/mol. The molecule has 0 spiro atoms. The summed E-state index contributed by atoms with van der Waals surface area (Å²) in [6.07, 6.45) is 8.78. The standard InChI is InChI=1S/C22H27NO3/c1-26-21(25)19-18(24)15-22(17-11-6-3-7-12-17)13-8-14-23(22)20(19)16-9-4-2-5-10-16/h2,4-5,9-10,17H,3,6-8,11-15H2,1H3/t22-/m1/s1. The van der Waals surface area contributed by atoms with E-state index in [9.17, 15) is 9.59 Å². The third-order valence-corrected chi connectivity index (χ3v) is 6.58. The second-order valence-corrected chi connectivity index (χ2v) is 7.87. The van der Waals surface area contributed by atoms with Gasteiger partial charge in [0.25, 0.3) is 0 Å². The molecule has 26 heavy (non-hydrogen) atoms. The van der Waals surface area contributed by atoms with Gasteiger partial charge in [-0.3, -0.25) is 4.79 Å². The lowest BCUT2D eigenvalue weighted by Crippen LogP contribution is -2.54. The summed E-state index contributed by atoms with van der Waals surface area (Å²) < 4.78 is 4.99. The molecule has 138 valence electrons. The lowest BCUT2D eigenvalue weighted by atomic mass is 9.68. The SMILES string of the molecule is COC(=O)C1=C(c2ccccc2)N2CCC[C@]2(C2CCCCC2)CC1=O. The second kappa shape index (κ2) is 6.90. The number of carbonyl (C=O) groups excluding carboxylic acids is 2. The van der Waals surface area contributed by atoms with E-state index in [-0.39, 0.29) is 16.9 Å². The Hall–Kier alpha value is -2.10. The van der Waals surface area contributed by atoms with Crippen molar-refractivity contribution in [3.05, 3.63) is 41.5 Å². The number of nitrogens with zero attached hydrogens (tertiary/aromatic N) is 1. The maximum Gasteiger partial charge on any atom is 0.343 e. The van der Waals surface area contributed by atoms with Gasteiger partial charge >= 0.3 is 5.97 Å². The average Bonchev–Trinajstić information content (AvgIpc) is 3.12. The highest BCUT2D eigenvalue weighted by atomic mass is 16.5. The molecular formula is C22H27NO3. The maximum atomic E-state index is 13.2. The minimum absolute atomic E-state index is 0.0422. The molecule has 2 heterocycles. The summed E-state index contributed by atoms with van der Waals surface area (Å²) in [5.74, 6) is -0.00182. The number of methoxy groups -OCH3 is 1. The molecule has 0 bridgehead atoms. The van der Waals surface area contributed by atoms with Gasteiger partial charge in [-0.05, 0) is 37.2 Å². The van der Waals surface area contributed by atoms with Crippen molar-refractivity contribution in [3.8, 4) is 0 Å². The summed E-state index contributed by atoms with van der Waals surface area (Å²) in [5.41, 5.74) is 1.88. The molecule has 4 rings (SSSR count). The molecule has 2 fully saturated rings. The van der Waals surface area contributed by atoms with E-state index in [1.165, 1.54) is 39.2 Å². The van der Waals surface area contributed by atoms with Crippen molar-refractivity contribution in [2.24, 2.45) is 5.92 Å². The van der Waals surface area contributed by atoms with Crippen LogP contribution in [0.2, 0.25) is 0 Å². The van der Waals surface area contributed by atoms with Crippen LogP contribution in [0.4, 0.5) is 0 Å². The van der Waals surface area contributed by atoms with E-state index in [1.54, 1.807) is 0 Å². The molecule has 1 aliphatic carbocycles. The Morgan fingerprint density at radius 2 is 1.85 bits per heavy atom. The smallest absolute Gasteiger partial charge is 0.343 e. The van der Waals surface area contributed by atoms with Gasteiger partial charge in [0.2, 0.25) is 0 Å². The van der Waals surface area contributed by atoms with Crippen molar-refractivity contribution in [3.63, 3.8) is 0 Å². The van der Waals surface area contributed by atoms with Crippen LogP contribution in [0, 0.1) is 5.92 Å². The highest BCUT2D eigenvalue weighted by Gasteiger charge is 2.53. The number of esters is 1. The van der Waals surface area contributed by atoms with Crippen molar-refractivity contribution >= 4 is 17.4 Å². The molecule has 2 aliphatic heterocycles. The van der Waals surface area contributed by atoms with Gasteiger partial charge in [0.15, 0.2) is 5.78 Å². The van der Waals surface area contributed by atoms with Gasteiger partial charge in [0.05, 0.1) is 18.3 Å². The van der Waals surface area contributed by atoms with Gasteiger partial charge < -0.3 is 9.64 Å². The summed E-state index contributed by atoms with van der Waals surface area (Å²) in [4.78, 5) is 28.1. The zero-order chi connectivity index (χ0) is 18.1. The van der Waals surface area contributed by atoms with Crippen LogP contribution in [-0.2, 0) is 14.3 Å². The first-order valence-electron chi connectivity index (χ1n) is 9.86. The minimum Gasteiger partial charge on any atom is -0.465 e. The van der Waals surface area contributed by atoms with E-state index >= 15 is 0 Å². The summed E-state index contributed by atoms with van der Waals surface area (Å²) in [5, 5.41) is 0. The third kappa shape index (κ3) is 2.67. The van der Waals surface area contributed by atoms with Crippen LogP contribution >= 0.6 is 0 Å². The lowest BCUT2D eigenvalue weighted by Gasteiger charge is -2.50. The number of ether oxygens (including phenoxy) is 1. The van der Waals surface area contributed by atoms with E-state index in [1.807, 2.05) is 30.3 Å². The van der Waals surface area contributed by atoms with Crippen LogP contribution in [0.3, 0.4) is 0 Å². The molecule has 4 heteroatoms. The van der Waals surface area contributed by atoms with E-state index in [4.69, 9.17) is 4.74 Å². The summed E-state index contributed by atoms with van der Waals surface area (Å²) in [7, 11) is 1.36. The largest absolute Gasteiger partial charge is 0.465 e. The zero-order valence-electron chi connectivity index (χ0n) is 15.5. The highest BCUT2D eigenvalue weighted by molar-refractivity contribution is 6.23. The molecule has 1 atom stereocenters. The molecule has 0 amide bonds. The molecule has 0 N–H and O–H groups in total. The fourth-order valence-corrected chi connectivity index (χ4v) is 5.47. The molecule has 1 saturated heterocycles. The van der Waals surface area contributed by atoms with Gasteiger partial charge in [-0.2, -0.15) is 0 Å². The molecule has 3 aliphatic rings. The fraction of sp³-hybridized carbons (Fsp3) is 0.545. The molecule has 0 aromatic heterocycles. The molecule has 4 nitrogen and oxygen atoms in total. The van der Waals surface area contributed by atoms with Crippen molar-refractivity contribution in [2.75, 3.05) is 13.7 Å². The molecule has 0 radical (unpaired) electrons. The van der Waals surface area contributed by atoms with Crippen molar-refractivity contribution in [2.45, 2.75) is 56.9 Å². The maximum absolute atomic E-state index is 13.2. The Balaban J connectivity index is 1.86. The first kappa shape index (κ1) is 17.3. The van der Waals surface area contributed by atoms with Crippen LogP contribution in [0.1, 0.15) is 56.9 Å². The summed E-state index contributed by atoms with van der Waals surface area (Å²) in [6, 6.07) is 9.90. The first-order valence-corrected chi connectivity index (χ1v) is 9.86. The molecule has 1 saturated carbocycles. The van der Waals surface area contributed by atoms with Gasteiger partial charge in [-0.1, -0.05) is 49.6 Å². The van der Waals surface area contributed by atoms with Gasteiger partial charge in [-0.15, -0.1) is 0 Å². The highest BCUT2D eigenvalue weighted by Crippen LogP contribution is 2.52. The van der Waals surface area contributed by atoms with E-state index in [0.29, 0.717) is 12.3 Å². The van der Waals surface area contributed by atoms with Crippen LogP contribution in [0.25, 0.3) is 5.70 Å². The number of hydrogen-bond donors (Lipinski definition) is 0. The Kier molecular flexibility index (Phi) is 4.60. The topological polar surface area (TPSA) is 46.6 Å². The van der Waals surface area contributed by atoms with E-state index in [2.05, 4.69) is 4.90 Å².